The molecule has 2 unspecified atom stereocenters. The molecule has 0 fully saturated rings. The Morgan fingerprint density at radius 2 is 1.16 bits per heavy atom. The quantitative estimate of drug-likeness (QED) is 0.750. The first-order chi connectivity index (χ1) is 11.7. The molecule has 5 heteroatoms. The maximum Gasteiger partial charge on any atom is 0.0931 e. The summed E-state index contributed by atoms with van der Waals surface area (Å²) in [7, 11) is 0. The molecule has 0 saturated heterocycles. The van der Waals surface area contributed by atoms with E-state index < -0.39 is 12.2 Å². The van der Waals surface area contributed by atoms with Crippen molar-refractivity contribution in [3.8, 4) is 0 Å². The molecule has 0 amide bonds. The number of aliphatic hydroxyl groups excluding tert-OH is 2. The first-order valence-electron chi connectivity index (χ1n) is 8.30. The van der Waals surface area contributed by atoms with Gasteiger partial charge in [-0.25, -0.2) is 0 Å². The summed E-state index contributed by atoms with van der Waals surface area (Å²) in [6.07, 6.45) is -1.49. The normalized spacial score (nSPS) is 14.6. The van der Waals surface area contributed by atoms with Crippen LogP contribution in [0.25, 0.3) is 0 Å². The Labute approximate surface area is 159 Å². The van der Waals surface area contributed by atoms with Crippen molar-refractivity contribution in [2.24, 2.45) is 0 Å². The Morgan fingerprint density at radius 3 is 1.48 bits per heavy atom. The van der Waals surface area contributed by atoms with E-state index in [0.717, 1.165) is 0 Å². The van der Waals surface area contributed by atoms with E-state index in [4.69, 9.17) is 23.2 Å². The van der Waals surface area contributed by atoms with E-state index >= 15 is 0 Å². The number of hydrogen-bond acceptors (Lipinski definition) is 3. The van der Waals surface area contributed by atoms with E-state index in [9.17, 15) is 10.2 Å². The van der Waals surface area contributed by atoms with E-state index in [1.54, 1.807) is 12.1 Å². The highest BCUT2D eigenvalue weighted by Crippen LogP contribution is 2.29. The number of rotatable bonds is 6. The second-order valence-electron chi connectivity index (χ2n) is 7.15. The van der Waals surface area contributed by atoms with Gasteiger partial charge in [0.2, 0.25) is 0 Å². The molecule has 0 aliphatic heterocycles. The predicted molar refractivity (Wildman–Crippen MR) is 104 cm³/mol. The fourth-order valence-corrected chi connectivity index (χ4v) is 3.25. The van der Waals surface area contributed by atoms with Gasteiger partial charge in [-0.1, -0.05) is 59.6 Å². The van der Waals surface area contributed by atoms with Gasteiger partial charge in [0.15, 0.2) is 0 Å². The van der Waals surface area contributed by atoms with Gasteiger partial charge < -0.3 is 10.2 Å². The molecule has 0 aliphatic carbocycles. The first kappa shape index (κ1) is 20.2. The largest absolute Gasteiger partial charge is 0.387 e. The van der Waals surface area contributed by atoms with Crippen molar-refractivity contribution in [1.82, 2.24) is 4.90 Å². The summed E-state index contributed by atoms with van der Waals surface area (Å²) in [4.78, 5) is 2.04. The van der Waals surface area contributed by atoms with Crippen LogP contribution in [0.3, 0.4) is 0 Å². The summed E-state index contributed by atoms with van der Waals surface area (Å²) >= 11 is 12.4. The summed E-state index contributed by atoms with van der Waals surface area (Å²) in [5.41, 5.74) is 1.13. The van der Waals surface area contributed by atoms with Crippen LogP contribution in [-0.4, -0.2) is 33.7 Å². The van der Waals surface area contributed by atoms with Gasteiger partial charge in [0.05, 0.1) is 12.2 Å². The molecule has 0 bridgehead atoms. The predicted octanol–water partition coefficient (Wildman–Crippen LogP) is 4.86. The summed E-state index contributed by atoms with van der Waals surface area (Å²) in [5.74, 6) is 0. The maximum absolute atomic E-state index is 10.6. The number of hydrogen-bond donors (Lipinski definition) is 2. The van der Waals surface area contributed by atoms with Crippen LogP contribution in [-0.2, 0) is 0 Å². The third-order valence-corrected chi connectivity index (χ3v) is 4.95. The Bertz CT molecular complexity index is 647. The van der Waals surface area contributed by atoms with Gasteiger partial charge in [-0.15, -0.1) is 0 Å². The SMILES string of the molecule is CC(C)(C)N(CC(O)c1ccccc1Cl)CC(O)c1ccccc1Cl. The molecular weight excluding hydrogens is 357 g/mol. The number of aliphatic hydroxyl groups is 2. The molecule has 0 radical (unpaired) electrons. The summed E-state index contributed by atoms with van der Waals surface area (Å²) in [6.45, 7) is 6.85. The minimum atomic E-state index is -0.744. The molecule has 0 aliphatic rings. The Balaban J connectivity index is 2.17. The van der Waals surface area contributed by atoms with Crippen LogP contribution in [0.5, 0.6) is 0 Å². The Hall–Kier alpha value is -1.10. The highest BCUT2D eigenvalue weighted by atomic mass is 35.5. The van der Waals surface area contributed by atoms with Crippen molar-refractivity contribution in [3.05, 3.63) is 69.7 Å². The molecule has 25 heavy (non-hydrogen) atoms. The van der Waals surface area contributed by atoms with Crippen LogP contribution < -0.4 is 0 Å². The third-order valence-electron chi connectivity index (χ3n) is 4.26. The number of benzene rings is 2. The van der Waals surface area contributed by atoms with Crippen LogP contribution in [0.15, 0.2) is 48.5 Å². The molecule has 0 heterocycles. The lowest BCUT2D eigenvalue weighted by Gasteiger charge is -2.38. The summed E-state index contributed by atoms with van der Waals surface area (Å²) < 4.78 is 0. The lowest BCUT2D eigenvalue weighted by atomic mass is 10.0. The van der Waals surface area contributed by atoms with Gasteiger partial charge in [-0.05, 0) is 32.9 Å². The fourth-order valence-electron chi connectivity index (χ4n) is 2.73. The zero-order chi connectivity index (χ0) is 18.6. The van der Waals surface area contributed by atoms with Crippen molar-refractivity contribution >= 4 is 23.2 Å². The zero-order valence-electron chi connectivity index (χ0n) is 14.8. The van der Waals surface area contributed by atoms with Crippen LogP contribution in [0.1, 0.15) is 44.1 Å². The van der Waals surface area contributed by atoms with Gasteiger partial charge in [0.25, 0.3) is 0 Å². The van der Waals surface area contributed by atoms with Crippen molar-refractivity contribution in [1.29, 1.82) is 0 Å². The monoisotopic (exact) mass is 381 g/mol. The molecule has 136 valence electrons. The second kappa shape index (κ2) is 8.52. The lowest BCUT2D eigenvalue weighted by Crippen LogP contribution is -2.45. The molecule has 0 saturated carbocycles. The van der Waals surface area contributed by atoms with Gasteiger partial charge in [0, 0.05) is 39.8 Å². The molecule has 2 rings (SSSR count). The highest BCUT2D eigenvalue weighted by molar-refractivity contribution is 6.31. The molecule has 3 nitrogen and oxygen atoms in total. The van der Waals surface area contributed by atoms with Crippen molar-refractivity contribution in [2.75, 3.05) is 13.1 Å². The minimum absolute atomic E-state index is 0.246. The van der Waals surface area contributed by atoms with Gasteiger partial charge in [0.1, 0.15) is 0 Å². The zero-order valence-corrected chi connectivity index (χ0v) is 16.3. The minimum Gasteiger partial charge on any atom is -0.387 e. The fraction of sp³-hybridized carbons (Fsp3) is 0.400. The molecule has 0 aromatic heterocycles. The average molecular weight is 382 g/mol. The standard InChI is InChI=1S/C20H25Cl2NO2/c1-20(2,3)23(12-18(24)14-8-4-6-10-16(14)21)13-19(25)15-9-5-7-11-17(15)22/h4-11,18-19,24-25H,12-13H2,1-3H3. The van der Waals surface area contributed by atoms with Crippen LogP contribution in [0.2, 0.25) is 10.0 Å². The molecular formula is C20H25Cl2NO2. The third kappa shape index (κ3) is 5.44. The average Bonchev–Trinajstić information content (AvgIpc) is 2.54. The molecule has 0 spiro atoms. The van der Waals surface area contributed by atoms with E-state index in [1.165, 1.54) is 0 Å². The smallest absolute Gasteiger partial charge is 0.0931 e. The molecule has 2 aromatic rings. The number of halogens is 2. The topological polar surface area (TPSA) is 43.7 Å². The summed E-state index contributed by atoms with van der Waals surface area (Å²) in [6, 6.07) is 14.5. The van der Waals surface area contributed by atoms with E-state index in [0.29, 0.717) is 34.3 Å². The van der Waals surface area contributed by atoms with E-state index in [1.807, 2.05) is 62.1 Å². The van der Waals surface area contributed by atoms with Crippen LogP contribution in [0.4, 0.5) is 0 Å². The van der Waals surface area contributed by atoms with Crippen molar-refractivity contribution in [3.63, 3.8) is 0 Å². The van der Waals surface area contributed by atoms with Gasteiger partial charge in [-0.3, -0.25) is 4.90 Å². The van der Waals surface area contributed by atoms with E-state index in [2.05, 4.69) is 0 Å². The van der Waals surface area contributed by atoms with Gasteiger partial charge in [-0.2, -0.15) is 0 Å². The molecule has 2 N–H and O–H groups in total. The highest BCUT2D eigenvalue weighted by Gasteiger charge is 2.28. The Kier molecular flexibility index (Phi) is 6.89. The number of β-amino-alcohol motifs (C(OH)–C–C–N with tert-alkyl or cyclic N) is 2. The van der Waals surface area contributed by atoms with E-state index in [-0.39, 0.29) is 5.54 Å². The van der Waals surface area contributed by atoms with Crippen molar-refractivity contribution in [2.45, 2.75) is 38.5 Å². The van der Waals surface area contributed by atoms with Gasteiger partial charge >= 0.3 is 0 Å². The lowest BCUT2D eigenvalue weighted by molar-refractivity contribution is 0.0195. The second-order valence-corrected chi connectivity index (χ2v) is 7.96. The van der Waals surface area contributed by atoms with Crippen LogP contribution >= 0.6 is 23.2 Å². The molecule has 2 atom stereocenters. The summed E-state index contributed by atoms with van der Waals surface area (Å²) in [5, 5.41) is 22.4. The van der Waals surface area contributed by atoms with Crippen LogP contribution in [0, 0.1) is 0 Å². The number of nitrogens with zero attached hydrogens (tertiary/aromatic N) is 1. The first-order valence-corrected chi connectivity index (χ1v) is 9.05. The maximum atomic E-state index is 10.6. The van der Waals surface area contributed by atoms with Crippen molar-refractivity contribution < 1.29 is 10.2 Å². The Morgan fingerprint density at radius 1 is 0.800 bits per heavy atom. The molecule has 2 aromatic carbocycles.